The van der Waals surface area contributed by atoms with Gasteiger partial charge in [0.1, 0.15) is 0 Å². The van der Waals surface area contributed by atoms with Crippen molar-refractivity contribution < 1.29 is 27.8 Å². The number of alkyl halides is 3. The van der Waals surface area contributed by atoms with E-state index in [1.165, 1.54) is 4.90 Å². The minimum Gasteiger partial charge on any atom is -0.450 e. The van der Waals surface area contributed by atoms with E-state index in [0.717, 1.165) is 0 Å². The van der Waals surface area contributed by atoms with Gasteiger partial charge in [-0.25, -0.2) is 4.79 Å². The van der Waals surface area contributed by atoms with Crippen LogP contribution < -0.4 is 0 Å². The van der Waals surface area contributed by atoms with Gasteiger partial charge >= 0.3 is 12.3 Å². The van der Waals surface area contributed by atoms with Gasteiger partial charge < -0.3 is 14.7 Å². The molecule has 0 unspecified atom stereocenters. The summed E-state index contributed by atoms with van der Waals surface area (Å²) < 4.78 is 41.5. The summed E-state index contributed by atoms with van der Waals surface area (Å²) in [7, 11) is 0. The van der Waals surface area contributed by atoms with Crippen LogP contribution in [0.1, 0.15) is 19.8 Å². The highest BCUT2D eigenvalue weighted by atomic mass is 19.4. The molecule has 1 aliphatic heterocycles. The highest BCUT2D eigenvalue weighted by Crippen LogP contribution is 2.31. The highest BCUT2D eigenvalue weighted by molar-refractivity contribution is 5.67. The van der Waals surface area contributed by atoms with E-state index in [9.17, 15) is 18.0 Å². The summed E-state index contributed by atoms with van der Waals surface area (Å²) in [5.41, 5.74) is 0. The quantitative estimate of drug-likeness (QED) is 0.818. The van der Waals surface area contributed by atoms with Gasteiger partial charge in [-0.2, -0.15) is 13.2 Å². The van der Waals surface area contributed by atoms with Crippen molar-refractivity contribution in [2.45, 2.75) is 32.0 Å². The molecule has 4 nitrogen and oxygen atoms in total. The molecular weight excluding hydrogens is 239 g/mol. The van der Waals surface area contributed by atoms with Gasteiger partial charge in [0.2, 0.25) is 0 Å². The van der Waals surface area contributed by atoms with Crippen molar-refractivity contribution in [3.63, 3.8) is 0 Å². The molecule has 0 spiro atoms. The molecule has 0 saturated carbocycles. The number of ether oxygens (including phenoxy) is 1. The third kappa shape index (κ3) is 3.76. The van der Waals surface area contributed by atoms with Gasteiger partial charge in [-0.05, 0) is 25.7 Å². The highest BCUT2D eigenvalue weighted by Gasteiger charge is 2.44. The molecule has 0 aliphatic carbocycles. The fraction of sp³-hybridized carbons (Fsp3) is 0.900. The van der Waals surface area contributed by atoms with Crippen molar-refractivity contribution >= 4 is 6.09 Å². The number of aliphatic hydroxyl groups is 1. The summed E-state index contributed by atoms with van der Waals surface area (Å²) in [6, 6.07) is 0. The van der Waals surface area contributed by atoms with Gasteiger partial charge in [0.05, 0.1) is 6.61 Å². The van der Waals surface area contributed by atoms with Crippen molar-refractivity contribution in [2.24, 2.45) is 5.92 Å². The van der Waals surface area contributed by atoms with Crippen molar-refractivity contribution in [3.8, 4) is 0 Å². The molecule has 17 heavy (non-hydrogen) atoms. The minimum atomic E-state index is -4.59. The van der Waals surface area contributed by atoms with Crippen LogP contribution in [0.25, 0.3) is 0 Å². The van der Waals surface area contributed by atoms with E-state index in [4.69, 9.17) is 9.84 Å². The number of nitrogens with zero attached hydrogens (tertiary/aromatic N) is 1. The van der Waals surface area contributed by atoms with Crippen LogP contribution in [0.4, 0.5) is 18.0 Å². The van der Waals surface area contributed by atoms with E-state index < -0.39 is 24.3 Å². The van der Waals surface area contributed by atoms with E-state index in [1.54, 1.807) is 6.92 Å². The zero-order chi connectivity index (χ0) is 13.1. The summed E-state index contributed by atoms with van der Waals surface area (Å²) in [4.78, 5) is 12.7. The van der Waals surface area contributed by atoms with Crippen LogP contribution in [-0.2, 0) is 4.74 Å². The zero-order valence-corrected chi connectivity index (χ0v) is 9.54. The SMILES string of the molecule is CCOC(=O)N1CCC([C@H](O)C(F)(F)F)CC1. The molecule has 0 aromatic carbocycles. The molecule has 100 valence electrons. The monoisotopic (exact) mass is 255 g/mol. The second-order valence-corrected chi connectivity index (χ2v) is 4.01. The Morgan fingerprint density at radius 1 is 1.47 bits per heavy atom. The Morgan fingerprint density at radius 2 is 2.00 bits per heavy atom. The lowest BCUT2D eigenvalue weighted by Crippen LogP contribution is -2.45. The molecule has 1 aliphatic rings. The number of halogens is 3. The normalized spacial score (nSPS) is 20.2. The predicted molar refractivity (Wildman–Crippen MR) is 53.4 cm³/mol. The second-order valence-electron chi connectivity index (χ2n) is 4.01. The van der Waals surface area contributed by atoms with Crippen LogP contribution in [0.3, 0.4) is 0 Å². The second kappa shape index (κ2) is 5.57. The Hall–Kier alpha value is -0.980. The summed E-state index contributed by atoms with van der Waals surface area (Å²) in [6.45, 7) is 2.29. The predicted octanol–water partition coefficient (Wildman–Crippen LogP) is 1.78. The van der Waals surface area contributed by atoms with Crippen LogP contribution in [0, 0.1) is 5.92 Å². The number of aliphatic hydroxyl groups excluding tert-OH is 1. The Kier molecular flexibility index (Phi) is 4.62. The third-order valence-corrected chi connectivity index (χ3v) is 2.85. The fourth-order valence-corrected chi connectivity index (χ4v) is 1.88. The summed E-state index contributed by atoms with van der Waals surface area (Å²) in [5.74, 6) is -0.833. The average Bonchev–Trinajstić information content (AvgIpc) is 2.27. The molecule has 1 amide bonds. The number of amides is 1. The van der Waals surface area contributed by atoms with E-state index in [0.29, 0.717) is 0 Å². The molecule has 0 aromatic heterocycles. The number of carbonyl (C=O) groups is 1. The number of likely N-dealkylation sites (tertiary alicyclic amines) is 1. The number of piperidine rings is 1. The van der Waals surface area contributed by atoms with Gasteiger partial charge in [0.25, 0.3) is 0 Å². The molecule has 7 heteroatoms. The Labute approximate surface area is 97.3 Å². The first-order valence-electron chi connectivity index (χ1n) is 5.52. The Bertz CT molecular complexity index is 262. The minimum absolute atomic E-state index is 0.138. The Morgan fingerprint density at radius 3 is 2.41 bits per heavy atom. The maximum Gasteiger partial charge on any atom is 0.414 e. The largest absolute Gasteiger partial charge is 0.450 e. The maximum atomic E-state index is 12.3. The van der Waals surface area contributed by atoms with Gasteiger partial charge in [-0.1, -0.05) is 0 Å². The molecule has 1 atom stereocenters. The molecule has 0 radical (unpaired) electrons. The first-order chi connectivity index (χ1) is 7.86. The van der Waals surface area contributed by atoms with Gasteiger partial charge in [0, 0.05) is 13.1 Å². The van der Waals surface area contributed by atoms with Crippen LogP contribution in [0.2, 0.25) is 0 Å². The zero-order valence-electron chi connectivity index (χ0n) is 9.54. The summed E-state index contributed by atoms with van der Waals surface area (Å²) >= 11 is 0. The summed E-state index contributed by atoms with van der Waals surface area (Å²) in [6.07, 6.45) is -7.12. The molecule has 1 heterocycles. The molecule has 1 fully saturated rings. The first kappa shape index (κ1) is 14.1. The average molecular weight is 255 g/mol. The van der Waals surface area contributed by atoms with Crippen molar-refractivity contribution in [1.82, 2.24) is 4.90 Å². The lowest BCUT2D eigenvalue weighted by Gasteiger charge is -2.34. The van der Waals surface area contributed by atoms with E-state index >= 15 is 0 Å². The lowest BCUT2D eigenvalue weighted by molar-refractivity contribution is -0.222. The molecule has 0 aromatic rings. The van der Waals surface area contributed by atoms with E-state index in [-0.39, 0.29) is 32.5 Å². The van der Waals surface area contributed by atoms with Crippen LogP contribution in [0.5, 0.6) is 0 Å². The molecule has 1 saturated heterocycles. The first-order valence-corrected chi connectivity index (χ1v) is 5.52. The van der Waals surface area contributed by atoms with Crippen LogP contribution in [0.15, 0.2) is 0 Å². The molecular formula is C10H16F3NO3. The van der Waals surface area contributed by atoms with Crippen LogP contribution in [-0.4, -0.2) is 48.1 Å². The van der Waals surface area contributed by atoms with Gasteiger partial charge in [0.15, 0.2) is 6.10 Å². The van der Waals surface area contributed by atoms with Crippen molar-refractivity contribution in [2.75, 3.05) is 19.7 Å². The topological polar surface area (TPSA) is 49.8 Å². The smallest absolute Gasteiger partial charge is 0.414 e. The van der Waals surface area contributed by atoms with E-state index in [1.807, 2.05) is 0 Å². The molecule has 1 N–H and O–H groups in total. The van der Waals surface area contributed by atoms with Gasteiger partial charge in [-0.3, -0.25) is 0 Å². The van der Waals surface area contributed by atoms with E-state index in [2.05, 4.69) is 0 Å². The summed E-state index contributed by atoms with van der Waals surface area (Å²) in [5, 5.41) is 9.08. The lowest BCUT2D eigenvalue weighted by atomic mass is 9.91. The van der Waals surface area contributed by atoms with Crippen LogP contribution >= 0.6 is 0 Å². The molecule has 1 rings (SSSR count). The standard InChI is InChI=1S/C10H16F3NO3/c1-2-17-9(16)14-5-3-7(4-6-14)8(15)10(11,12)13/h7-8,15H,2-6H2,1H3/t8-/m0/s1. The number of carbonyl (C=O) groups excluding carboxylic acids is 1. The number of rotatable bonds is 2. The van der Waals surface area contributed by atoms with Crippen molar-refractivity contribution in [3.05, 3.63) is 0 Å². The third-order valence-electron chi connectivity index (χ3n) is 2.85. The Balaban J connectivity index is 2.43. The number of hydrogen-bond acceptors (Lipinski definition) is 3. The molecule has 0 bridgehead atoms. The number of hydrogen-bond donors (Lipinski definition) is 1. The maximum absolute atomic E-state index is 12.3. The van der Waals surface area contributed by atoms with Gasteiger partial charge in [-0.15, -0.1) is 0 Å². The fourth-order valence-electron chi connectivity index (χ4n) is 1.88. The van der Waals surface area contributed by atoms with Crippen molar-refractivity contribution in [1.29, 1.82) is 0 Å².